The minimum absolute atomic E-state index is 0.138. The highest BCUT2D eigenvalue weighted by Crippen LogP contribution is 2.28. The molecule has 2 rings (SSSR count). The fourth-order valence-corrected chi connectivity index (χ4v) is 2.50. The first-order valence-electron chi connectivity index (χ1n) is 6.64. The van der Waals surface area contributed by atoms with Crippen LogP contribution in [0.4, 0.5) is 4.39 Å². The largest absolute Gasteiger partial charge is 0.340 e. The number of nitrogens with one attached hydrogen (secondary N) is 1. The summed E-state index contributed by atoms with van der Waals surface area (Å²) in [5, 5.41) is 2.71. The molecule has 1 N–H and O–H groups in total. The normalized spacial score (nSPS) is 23.4. The maximum Gasteiger partial charge on any atom is 0.248 e. The van der Waals surface area contributed by atoms with E-state index in [-0.39, 0.29) is 23.7 Å². The Hall–Kier alpha value is -1.91. The van der Waals surface area contributed by atoms with Crippen LogP contribution in [-0.2, 0) is 9.59 Å². The highest BCUT2D eigenvalue weighted by molar-refractivity contribution is 5.99. The summed E-state index contributed by atoms with van der Waals surface area (Å²) >= 11 is 0. The molecule has 1 aliphatic rings. The first kappa shape index (κ1) is 14.5. The van der Waals surface area contributed by atoms with Gasteiger partial charge in [0.1, 0.15) is 17.4 Å². The first-order valence-corrected chi connectivity index (χ1v) is 6.64. The number of benzene rings is 1. The summed E-state index contributed by atoms with van der Waals surface area (Å²) in [5.41, 5.74) is -0.116. The van der Waals surface area contributed by atoms with Gasteiger partial charge in [-0.3, -0.25) is 9.59 Å². The summed E-state index contributed by atoms with van der Waals surface area (Å²) in [7, 11) is 0. The second kappa shape index (κ2) is 4.89. The summed E-state index contributed by atoms with van der Waals surface area (Å²) in [6, 6.07) is 5.16. The van der Waals surface area contributed by atoms with Crippen molar-refractivity contribution in [1.29, 1.82) is 0 Å². The Morgan fingerprint density at radius 1 is 1.25 bits per heavy atom. The van der Waals surface area contributed by atoms with Crippen molar-refractivity contribution in [2.45, 2.75) is 45.3 Å². The number of nitrogens with zero attached hydrogens (tertiary/aromatic N) is 1. The third kappa shape index (κ3) is 2.40. The second-order valence-electron chi connectivity index (χ2n) is 5.73. The van der Waals surface area contributed by atoms with Gasteiger partial charge in [-0.25, -0.2) is 4.39 Å². The minimum Gasteiger partial charge on any atom is -0.340 e. The number of carbonyl (C=O) groups is 2. The third-order valence-electron chi connectivity index (χ3n) is 3.77. The van der Waals surface area contributed by atoms with Crippen molar-refractivity contribution in [2.75, 3.05) is 0 Å². The highest BCUT2D eigenvalue weighted by atomic mass is 19.1. The summed E-state index contributed by atoms with van der Waals surface area (Å²) in [6.45, 7) is 6.91. The summed E-state index contributed by atoms with van der Waals surface area (Å²) in [5.74, 6) is -0.637. The molecule has 5 heteroatoms. The van der Waals surface area contributed by atoms with Gasteiger partial charge in [-0.1, -0.05) is 12.1 Å². The molecule has 1 aromatic carbocycles. The molecule has 1 aromatic rings. The predicted molar refractivity (Wildman–Crippen MR) is 73.3 cm³/mol. The number of hydrogen-bond donors (Lipinski definition) is 1. The van der Waals surface area contributed by atoms with E-state index in [4.69, 9.17) is 0 Å². The van der Waals surface area contributed by atoms with Gasteiger partial charge in [0.25, 0.3) is 0 Å². The molecule has 0 bridgehead atoms. The van der Waals surface area contributed by atoms with Crippen LogP contribution in [0.2, 0.25) is 0 Å². The molecule has 1 aliphatic heterocycles. The van der Waals surface area contributed by atoms with Gasteiger partial charge in [-0.05, 0) is 45.4 Å². The zero-order valence-electron chi connectivity index (χ0n) is 12.1. The SMILES string of the molecule is CC1C(=O)NC(C)(C)C(=O)N1C(C)c1ccc(F)cc1. The van der Waals surface area contributed by atoms with E-state index in [0.29, 0.717) is 0 Å². The van der Waals surface area contributed by atoms with E-state index in [9.17, 15) is 14.0 Å². The number of amides is 2. The van der Waals surface area contributed by atoms with Crippen molar-refractivity contribution in [3.05, 3.63) is 35.6 Å². The van der Waals surface area contributed by atoms with Crippen LogP contribution < -0.4 is 5.32 Å². The Bertz CT molecular complexity index is 539. The maximum absolute atomic E-state index is 13.0. The van der Waals surface area contributed by atoms with Gasteiger partial charge in [0.15, 0.2) is 0 Å². The number of hydrogen-bond acceptors (Lipinski definition) is 2. The molecule has 2 unspecified atom stereocenters. The lowest BCUT2D eigenvalue weighted by Gasteiger charge is -2.44. The van der Waals surface area contributed by atoms with Gasteiger partial charge < -0.3 is 10.2 Å². The Morgan fingerprint density at radius 3 is 2.35 bits per heavy atom. The lowest BCUT2D eigenvalue weighted by atomic mass is 9.94. The molecule has 20 heavy (non-hydrogen) atoms. The van der Waals surface area contributed by atoms with E-state index in [2.05, 4.69) is 5.32 Å². The van der Waals surface area contributed by atoms with E-state index in [1.54, 1.807) is 37.8 Å². The van der Waals surface area contributed by atoms with Crippen molar-refractivity contribution in [1.82, 2.24) is 10.2 Å². The minimum atomic E-state index is -0.919. The summed E-state index contributed by atoms with van der Waals surface area (Å²) in [6.07, 6.45) is 0. The Morgan fingerprint density at radius 2 is 1.80 bits per heavy atom. The number of halogens is 1. The maximum atomic E-state index is 13.0. The molecular formula is C15H19FN2O2. The average Bonchev–Trinajstić information content (AvgIpc) is 2.37. The Labute approximate surface area is 118 Å². The fraction of sp³-hybridized carbons (Fsp3) is 0.467. The summed E-state index contributed by atoms with van der Waals surface area (Å²) < 4.78 is 13.0. The standard InChI is InChI=1S/C15H19FN2O2/c1-9(11-5-7-12(16)8-6-11)18-10(2)13(19)17-15(3,4)14(18)20/h5-10H,1-4H3,(H,17,19). The van der Waals surface area contributed by atoms with Crippen LogP contribution in [-0.4, -0.2) is 28.3 Å². The van der Waals surface area contributed by atoms with Gasteiger partial charge in [0.05, 0.1) is 6.04 Å². The van der Waals surface area contributed by atoms with Gasteiger partial charge >= 0.3 is 0 Å². The van der Waals surface area contributed by atoms with Crippen LogP contribution >= 0.6 is 0 Å². The molecule has 2 amide bonds. The molecule has 4 nitrogen and oxygen atoms in total. The lowest BCUT2D eigenvalue weighted by molar-refractivity contribution is -0.155. The molecule has 0 spiro atoms. The number of carbonyl (C=O) groups excluding carboxylic acids is 2. The van der Waals surface area contributed by atoms with Gasteiger partial charge in [0.2, 0.25) is 11.8 Å². The van der Waals surface area contributed by atoms with Crippen molar-refractivity contribution in [3.63, 3.8) is 0 Å². The van der Waals surface area contributed by atoms with E-state index >= 15 is 0 Å². The second-order valence-corrected chi connectivity index (χ2v) is 5.73. The fourth-order valence-electron chi connectivity index (χ4n) is 2.50. The van der Waals surface area contributed by atoms with Crippen LogP contribution in [0, 0.1) is 5.82 Å². The van der Waals surface area contributed by atoms with Gasteiger partial charge in [0, 0.05) is 0 Å². The molecule has 0 aliphatic carbocycles. The summed E-state index contributed by atoms with van der Waals surface area (Å²) in [4.78, 5) is 26.1. The third-order valence-corrected chi connectivity index (χ3v) is 3.77. The van der Waals surface area contributed by atoms with Crippen molar-refractivity contribution in [2.24, 2.45) is 0 Å². The van der Waals surface area contributed by atoms with Crippen LogP contribution in [0.1, 0.15) is 39.3 Å². The topological polar surface area (TPSA) is 49.4 Å². The molecule has 2 atom stereocenters. The zero-order valence-corrected chi connectivity index (χ0v) is 12.1. The zero-order chi connectivity index (χ0) is 15.1. The predicted octanol–water partition coefficient (Wildman–Crippen LogP) is 2.01. The van der Waals surface area contributed by atoms with Crippen LogP contribution in [0.25, 0.3) is 0 Å². The molecule has 0 radical (unpaired) electrons. The lowest BCUT2D eigenvalue weighted by Crippen LogP contribution is -2.67. The van der Waals surface area contributed by atoms with Crippen LogP contribution in [0.15, 0.2) is 24.3 Å². The van der Waals surface area contributed by atoms with E-state index in [0.717, 1.165) is 5.56 Å². The number of piperazine rings is 1. The van der Waals surface area contributed by atoms with Gasteiger partial charge in [-0.15, -0.1) is 0 Å². The number of rotatable bonds is 2. The molecule has 0 aromatic heterocycles. The highest BCUT2D eigenvalue weighted by Gasteiger charge is 2.45. The molecule has 108 valence electrons. The van der Waals surface area contributed by atoms with Gasteiger partial charge in [-0.2, -0.15) is 0 Å². The van der Waals surface area contributed by atoms with Crippen LogP contribution in [0.5, 0.6) is 0 Å². The van der Waals surface area contributed by atoms with Crippen molar-refractivity contribution >= 4 is 11.8 Å². The smallest absolute Gasteiger partial charge is 0.248 e. The molecule has 1 fully saturated rings. The van der Waals surface area contributed by atoms with E-state index in [1.807, 2.05) is 6.92 Å². The molecular weight excluding hydrogens is 259 g/mol. The molecule has 0 saturated carbocycles. The van der Waals surface area contributed by atoms with Crippen molar-refractivity contribution in [3.8, 4) is 0 Å². The Kier molecular flexibility index (Phi) is 3.54. The first-order chi connectivity index (χ1) is 9.24. The average molecular weight is 278 g/mol. The monoisotopic (exact) mass is 278 g/mol. The van der Waals surface area contributed by atoms with Crippen LogP contribution in [0.3, 0.4) is 0 Å². The molecule has 1 saturated heterocycles. The van der Waals surface area contributed by atoms with Crippen molar-refractivity contribution < 1.29 is 14.0 Å². The van der Waals surface area contributed by atoms with E-state index < -0.39 is 11.6 Å². The van der Waals surface area contributed by atoms with E-state index in [1.165, 1.54) is 12.1 Å². The Balaban J connectivity index is 2.35. The quantitative estimate of drug-likeness (QED) is 0.899. The molecule has 1 heterocycles.